The van der Waals surface area contributed by atoms with Crippen LogP contribution in [0.1, 0.15) is 32.8 Å². The minimum Gasteiger partial charge on any atom is -0.595 e. The lowest BCUT2D eigenvalue weighted by molar-refractivity contribution is -0.460. The Hall–Kier alpha value is -1.97. The molecule has 1 rings (SSSR count). The fourth-order valence-electron chi connectivity index (χ4n) is 1.44. The smallest absolute Gasteiger partial charge is 0.213 e. The molecule has 0 aliphatic heterocycles. The van der Waals surface area contributed by atoms with Crippen molar-refractivity contribution < 1.29 is 9.66 Å². The third-order valence-electron chi connectivity index (χ3n) is 2.67. The van der Waals surface area contributed by atoms with E-state index in [1.807, 2.05) is 37.3 Å². The Balaban J connectivity index is 2.95. The molecule has 1 aromatic rings. The average molecular weight is 246 g/mol. The molecule has 0 aromatic heterocycles. The quantitative estimate of drug-likeness (QED) is 0.454. The number of hydrogen-bond acceptors (Lipinski definition) is 3. The average Bonchev–Trinajstić information content (AvgIpc) is 2.36. The summed E-state index contributed by atoms with van der Waals surface area (Å²) in [5.74, 6) is -0.123. The third-order valence-corrected chi connectivity index (χ3v) is 2.67. The van der Waals surface area contributed by atoms with Gasteiger partial charge in [-0.05, 0) is 30.9 Å². The monoisotopic (exact) mass is 246 g/mol. The first kappa shape index (κ1) is 14.1. The maximum Gasteiger partial charge on any atom is 0.213 e. The topological polar surface area (TPSA) is 55.5 Å². The van der Waals surface area contributed by atoms with Crippen LogP contribution in [0.15, 0.2) is 41.6 Å². The summed E-state index contributed by atoms with van der Waals surface area (Å²) in [5.41, 5.74) is 1.89. The van der Waals surface area contributed by atoms with E-state index >= 15 is 0 Å². The second kappa shape index (κ2) is 6.69. The molecule has 1 atom stereocenters. The predicted molar refractivity (Wildman–Crippen MR) is 70.9 cm³/mol. The highest BCUT2D eigenvalue weighted by atomic mass is 16.5. The highest BCUT2D eigenvalue weighted by Gasteiger charge is 2.10. The molecule has 0 amide bonds. The molecule has 0 heterocycles. The van der Waals surface area contributed by atoms with E-state index in [1.165, 1.54) is 13.1 Å². The summed E-state index contributed by atoms with van der Waals surface area (Å²) < 4.78 is 0. The number of hydroxylamine groups is 1. The molecule has 0 radical (unpaired) electrons. The van der Waals surface area contributed by atoms with Crippen LogP contribution in [0.4, 0.5) is 0 Å². The zero-order chi connectivity index (χ0) is 13.5. The lowest BCUT2D eigenvalue weighted by Crippen LogP contribution is -2.12. The van der Waals surface area contributed by atoms with Crippen molar-refractivity contribution in [3.63, 3.8) is 0 Å². The van der Waals surface area contributed by atoms with Gasteiger partial charge >= 0.3 is 0 Å². The van der Waals surface area contributed by atoms with Crippen molar-refractivity contribution >= 4 is 11.4 Å². The molecule has 0 aliphatic carbocycles. The van der Waals surface area contributed by atoms with E-state index in [0.29, 0.717) is 4.86 Å². The predicted octanol–water partition coefficient (Wildman–Crippen LogP) is 3.38. The van der Waals surface area contributed by atoms with Crippen LogP contribution in [-0.4, -0.2) is 16.7 Å². The number of carbonyl (C=O) groups is 1. The van der Waals surface area contributed by atoms with Gasteiger partial charge in [-0.3, -0.25) is 4.79 Å². The van der Waals surface area contributed by atoms with E-state index in [2.05, 4.69) is 5.11 Å². The van der Waals surface area contributed by atoms with E-state index in [-0.39, 0.29) is 5.78 Å². The Morgan fingerprint density at radius 3 is 2.56 bits per heavy atom. The van der Waals surface area contributed by atoms with Crippen molar-refractivity contribution in [2.24, 2.45) is 5.11 Å². The number of allylic oxidation sites excluding steroid dienone is 1. The third kappa shape index (κ3) is 4.13. The van der Waals surface area contributed by atoms with Crippen LogP contribution < -0.4 is 0 Å². The molecule has 0 saturated carbocycles. The first-order valence-corrected chi connectivity index (χ1v) is 5.98. The highest BCUT2D eigenvalue weighted by Crippen LogP contribution is 2.17. The highest BCUT2D eigenvalue weighted by molar-refractivity contribution is 5.80. The standard InChI is InChI=1S/C14H18N2O2/c1-4-13(14-8-6-5-7-9-14)10-16(18)15-11(2)12(3)17/h5-11H,4H2,1-3H3. The van der Waals surface area contributed by atoms with Crippen LogP contribution in [0, 0.1) is 5.21 Å². The second-order valence-electron chi connectivity index (χ2n) is 4.08. The summed E-state index contributed by atoms with van der Waals surface area (Å²) in [7, 11) is 0. The zero-order valence-corrected chi connectivity index (χ0v) is 11.0. The summed E-state index contributed by atoms with van der Waals surface area (Å²) >= 11 is 0. The Morgan fingerprint density at radius 2 is 2.06 bits per heavy atom. The fraction of sp³-hybridized carbons (Fsp3) is 0.357. The van der Waals surface area contributed by atoms with E-state index in [0.717, 1.165) is 17.6 Å². The Labute approximate surface area is 107 Å². The van der Waals surface area contributed by atoms with Gasteiger partial charge in [0.05, 0.1) is 0 Å². The molecule has 96 valence electrons. The van der Waals surface area contributed by atoms with Gasteiger partial charge in [-0.25, -0.2) is 0 Å². The number of benzene rings is 1. The van der Waals surface area contributed by atoms with Gasteiger partial charge in [0.1, 0.15) is 0 Å². The lowest BCUT2D eigenvalue weighted by atomic mass is 10.1. The molecule has 0 aliphatic rings. The van der Waals surface area contributed by atoms with Crippen molar-refractivity contribution in [1.29, 1.82) is 0 Å². The van der Waals surface area contributed by atoms with Gasteiger partial charge in [-0.15, -0.1) is 0 Å². The van der Waals surface area contributed by atoms with Crippen molar-refractivity contribution in [3.8, 4) is 0 Å². The number of carbonyl (C=O) groups excluding carboxylic acids is 1. The Morgan fingerprint density at radius 1 is 1.44 bits per heavy atom. The van der Waals surface area contributed by atoms with E-state index < -0.39 is 6.04 Å². The first-order valence-electron chi connectivity index (χ1n) is 5.98. The van der Waals surface area contributed by atoms with Gasteiger partial charge in [-0.1, -0.05) is 42.1 Å². The van der Waals surface area contributed by atoms with E-state index in [4.69, 9.17) is 0 Å². The van der Waals surface area contributed by atoms with Gasteiger partial charge in [0.15, 0.2) is 11.8 Å². The fourth-order valence-corrected chi connectivity index (χ4v) is 1.44. The van der Waals surface area contributed by atoms with E-state index in [9.17, 15) is 10.0 Å². The molecule has 0 fully saturated rings. The first-order chi connectivity index (χ1) is 8.54. The number of nitrogens with zero attached hydrogens (tertiary/aromatic N) is 2. The number of hydrogen-bond donors (Lipinski definition) is 0. The number of ketones is 1. The van der Waals surface area contributed by atoms with Crippen molar-refractivity contribution in [3.05, 3.63) is 47.3 Å². The Kier molecular flexibility index (Phi) is 5.24. The summed E-state index contributed by atoms with van der Waals surface area (Å²) in [6.07, 6.45) is 2.15. The van der Waals surface area contributed by atoms with Crippen LogP contribution in [0.2, 0.25) is 0 Å². The second-order valence-corrected chi connectivity index (χ2v) is 4.08. The van der Waals surface area contributed by atoms with Crippen LogP contribution >= 0.6 is 0 Å². The van der Waals surface area contributed by atoms with Crippen LogP contribution in [0.5, 0.6) is 0 Å². The van der Waals surface area contributed by atoms with Crippen molar-refractivity contribution in [1.82, 2.24) is 0 Å². The van der Waals surface area contributed by atoms with Crippen molar-refractivity contribution in [2.45, 2.75) is 33.2 Å². The molecule has 0 bridgehead atoms. The molecule has 1 unspecified atom stereocenters. The van der Waals surface area contributed by atoms with Crippen LogP contribution in [0.3, 0.4) is 0 Å². The summed E-state index contributed by atoms with van der Waals surface area (Å²) in [4.78, 5) is 11.5. The maximum atomic E-state index is 11.6. The lowest BCUT2D eigenvalue weighted by Gasteiger charge is -2.04. The van der Waals surface area contributed by atoms with Gasteiger partial charge in [0.25, 0.3) is 0 Å². The van der Waals surface area contributed by atoms with Gasteiger partial charge in [-0.2, -0.15) is 0 Å². The summed E-state index contributed by atoms with van der Waals surface area (Å²) in [6, 6.07) is 9.04. The van der Waals surface area contributed by atoms with Gasteiger partial charge in [0.2, 0.25) is 6.20 Å². The number of rotatable bonds is 5. The van der Waals surface area contributed by atoms with Gasteiger partial charge in [0, 0.05) is 5.57 Å². The molecule has 1 aromatic carbocycles. The summed E-state index contributed by atoms with van der Waals surface area (Å²) in [6.45, 7) is 5.00. The molecule has 18 heavy (non-hydrogen) atoms. The van der Waals surface area contributed by atoms with Crippen LogP contribution in [0.25, 0.3) is 5.57 Å². The Bertz CT molecular complexity index is 464. The minimum atomic E-state index is -0.604. The van der Waals surface area contributed by atoms with E-state index in [1.54, 1.807) is 6.92 Å². The molecular weight excluding hydrogens is 228 g/mol. The van der Waals surface area contributed by atoms with Crippen LogP contribution in [-0.2, 0) is 4.79 Å². The SMILES string of the molecule is CCC(=C[N+]([O-])=NC(C)C(C)=O)c1ccccc1. The van der Waals surface area contributed by atoms with Crippen molar-refractivity contribution in [2.75, 3.05) is 0 Å². The minimum absolute atomic E-state index is 0.123. The zero-order valence-electron chi connectivity index (χ0n) is 11.0. The summed E-state index contributed by atoms with van der Waals surface area (Å²) in [5, 5.41) is 15.4. The van der Waals surface area contributed by atoms with Gasteiger partial charge < -0.3 is 5.21 Å². The molecule has 0 N–H and O–H groups in total. The largest absolute Gasteiger partial charge is 0.595 e. The maximum absolute atomic E-state index is 11.6. The number of azo groups is 1. The molecule has 0 spiro atoms. The molecular formula is C14H18N2O2. The normalized spacial score (nSPS) is 14.4. The number of Topliss-reactive ketones (excluding diaryl/α,β-unsaturated/α-hetero) is 1. The molecule has 4 heteroatoms. The molecule has 0 saturated heterocycles. The molecule has 4 nitrogen and oxygen atoms in total.